The van der Waals surface area contributed by atoms with Crippen LogP contribution in [0.1, 0.15) is 43.0 Å². The van der Waals surface area contributed by atoms with Crippen LogP contribution in [0.15, 0.2) is 24.3 Å². The Balaban J connectivity index is 2.22. The van der Waals surface area contributed by atoms with E-state index in [1.807, 2.05) is 26.1 Å². The molecule has 0 aliphatic rings. The third kappa shape index (κ3) is 3.45. The minimum Gasteiger partial charge on any atom is -0.439 e. The molecule has 0 aliphatic carbocycles. The first-order chi connectivity index (χ1) is 10.1. The van der Waals surface area contributed by atoms with Crippen LogP contribution in [-0.4, -0.2) is 16.3 Å². The van der Waals surface area contributed by atoms with Crippen LogP contribution in [0, 0.1) is 6.92 Å². The number of ether oxygens (including phenoxy) is 1. The first-order valence-corrected chi connectivity index (χ1v) is 7.57. The average Bonchev–Trinajstić information content (AvgIpc) is 2.74. The Kier molecular flexibility index (Phi) is 5.02. The first kappa shape index (κ1) is 15.6. The van der Waals surface area contributed by atoms with Crippen molar-refractivity contribution in [1.82, 2.24) is 9.78 Å². The Morgan fingerprint density at radius 3 is 2.52 bits per heavy atom. The van der Waals surface area contributed by atoms with Gasteiger partial charge in [0.2, 0.25) is 5.88 Å². The van der Waals surface area contributed by atoms with Crippen LogP contribution in [0.5, 0.6) is 11.6 Å². The zero-order valence-corrected chi connectivity index (χ0v) is 13.4. The van der Waals surface area contributed by atoms with Crippen molar-refractivity contribution in [3.05, 3.63) is 41.1 Å². The Bertz CT molecular complexity index is 587. The molecule has 4 heteroatoms. The highest BCUT2D eigenvalue weighted by Crippen LogP contribution is 2.29. The summed E-state index contributed by atoms with van der Waals surface area (Å²) in [5.41, 5.74) is 9.09. The summed E-state index contributed by atoms with van der Waals surface area (Å²) in [5.74, 6) is 2.20. The second-order valence-electron chi connectivity index (χ2n) is 5.51. The van der Waals surface area contributed by atoms with Crippen LogP contribution in [0.4, 0.5) is 0 Å². The topological polar surface area (TPSA) is 53.1 Å². The lowest BCUT2D eigenvalue weighted by molar-refractivity contribution is 0.425. The molecule has 0 radical (unpaired) electrons. The molecule has 0 fully saturated rings. The summed E-state index contributed by atoms with van der Waals surface area (Å²) in [4.78, 5) is 0. The minimum absolute atomic E-state index is 0.575. The van der Waals surface area contributed by atoms with Crippen LogP contribution in [-0.2, 0) is 13.5 Å². The van der Waals surface area contributed by atoms with Crippen molar-refractivity contribution in [3.8, 4) is 11.6 Å². The highest BCUT2D eigenvalue weighted by Gasteiger charge is 2.15. The van der Waals surface area contributed by atoms with Gasteiger partial charge >= 0.3 is 0 Å². The molecule has 2 N–H and O–H groups in total. The minimum atomic E-state index is 0.575. The fourth-order valence-electron chi connectivity index (χ4n) is 2.45. The van der Waals surface area contributed by atoms with Crippen molar-refractivity contribution in [2.45, 2.75) is 39.5 Å². The van der Waals surface area contributed by atoms with Crippen molar-refractivity contribution < 1.29 is 4.74 Å². The summed E-state index contributed by atoms with van der Waals surface area (Å²) in [6, 6.07) is 8.32. The largest absolute Gasteiger partial charge is 0.439 e. The van der Waals surface area contributed by atoms with E-state index >= 15 is 0 Å². The van der Waals surface area contributed by atoms with Crippen LogP contribution in [0.25, 0.3) is 0 Å². The molecule has 0 saturated carbocycles. The van der Waals surface area contributed by atoms with E-state index in [-0.39, 0.29) is 0 Å². The molecule has 1 heterocycles. The number of nitrogens with zero attached hydrogens (tertiary/aromatic N) is 2. The normalized spacial score (nSPS) is 12.4. The third-order valence-electron chi connectivity index (χ3n) is 3.96. The zero-order valence-electron chi connectivity index (χ0n) is 13.4. The number of nitrogens with two attached hydrogens (primary N) is 1. The quantitative estimate of drug-likeness (QED) is 0.884. The maximum absolute atomic E-state index is 6.03. The Morgan fingerprint density at radius 1 is 1.29 bits per heavy atom. The number of rotatable bonds is 6. The van der Waals surface area contributed by atoms with Gasteiger partial charge in [-0.1, -0.05) is 26.0 Å². The van der Waals surface area contributed by atoms with E-state index in [9.17, 15) is 0 Å². The van der Waals surface area contributed by atoms with Crippen molar-refractivity contribution in [1.29, 1.82) is 0 Å². The van der Waals surface area contributed by atoms with E-state index in [4.69, 9.17) is 10.5 Å². The molecule has 0 bridgehead atoms. The average molecular weight is 287 g/mol. The molecule has 0 aliphatic heterocycles. The lowest BCUT2D eigenvalue weighted by atomic mass is 9.99. The molecule has 4 nitrogen and oxygen atoms in total. The zero-order chi connectivity index (χ0) is 15.4. The van der Waals surface area contributed by atoms with Gasteiger partial charge < -0.3 is 10.5 Å². The molecule has 2 aromatic rings. The highest BCUT2D eigenvalue weighted by atomic mass is 16.5. The van der Waals surface area contributed by atoms with E-state index in [2.05, 4.69) is 31.1 Å². The highest BCUT2D eigenvalue weighted by molar-refractivity contribution is 5.37. The predicted octanol–water partition coefficient (Wildman–Crippen LogP) is 3.54. The van der Waals surface area contributed by atoms with Crippen molar-refractivity contribution >= 4 is 0 Å². The van der Waals surface area contributed by atoms with E-state index in [1.165, 1.54) is 5.56 Å². The lowest BCUT2D eigenvalue weighted by Crippen LogP contribution is -2.05. The molecule has 0 amide bonds. The standard InChI is InChI=1S/C17H25N3O/c1-5-12(2)14-6-8-15(9-7-14)21-17-16(10-11-18)13(3)19-20(17)4/h6-9,12H,5,10-11,18H2,1-4H3. The molecular formula is C17H25N3O. The summed E-state index contributed by atoms with van der Waals surface area (Å²) in [6.45, 7) is 7.02. The van der Waals surface area contributed by atoms with Crippen LogP contribution < -0.4 is 10.5 Å². The molecule has 1 atom stereocenters. The second kappa shape index (κ2) is 6.76. The van der Waals surface area contributed by atoms with Crippen LogP contribution >= 0.6 is 0 Å². The summed E-state index contributed by atoms with van der Waals surface area (Å²) in [7, 11) is 1.90. The summed E-state index contributed by atoms with van der Waals surface area (Å²) < 4.78 is 7.81. The fraction of sp³-hybridized carbons (Fsp3) is 0.471. The SMILES string of the molecule is CCC(C)c1ccc(Oc2c(CCN)c(C)nn2C)cc1. The van der Waals surface area contributed by atoms with Gasteiger partial charge in [0.25, 0.3) is 0 Å². The number of hydrogen-bond donors (Lipinski definition) is 1. The second-order valence-corrected chi connectivity index (χ2v) is 5.51. The van der Waals surface area contributed by atoms with Gasteiger partial charge in [-0.3, -0.25) is 0 Å². The monoisotopic (exact) mass is 287 g/mol. The number of aryl methyl sites for hydroxylation is 2. The van der Waals surface area contributed by atoms with Gasteiger partial charge in [0.15, 0.2) is 0 Å². The molecule has 114 valence electrons. The maximum Gasteiger partial charge on any atom is 0.221 e. The van der Waals surface area contributed by atoms with E-state index in [1.54, 1.807) is 4.68 Å². The van der Waals surface area contributed by atoms with Gasteiger partial charge in [-0.15, -0.1) is 0 Å². The Hall–Kier alpha value is -1.81. The molecule has 2 rings (SSSR count). The summed E-state index contributed by atoms with van der Waals surface area (Å²) >= 11 is 0. The van der Waals surface area contributed by atoms with Gasteiger partial charge in [-0.05, 0) is 49.9 Å². The fourth-order valence-corrected chi connectivity index (χ4v) is 2.45. The van der Waals surface area contributed by atoms with Gasteiger partial charge in [0.1, 0.15) is 5.75 Å². The van der Waals surface area contributed by atoms with Crippen molar-refractivity contribution in [2.24, 2.45) is 12.8 Å². The summed E-state index contributed by atoms with van der Waals surface area (Å²) in [6.07, 6.45) is 1.92. The predicted molar refractivity (Wildman–Crippen MR) is 85.9 cm³/mol. The molecule has 1 aromatic heterocycles. The molecule has 1 unspecified atom stereocenters. The van der Waals surface area contributed by atoms with E-state index < -0.39 is 0 Å². The van der Waals surface area contributed by atoms with Gasteiger partial charge in [-0.2, -0.15) is 5.10 Å². The molecule has 21 heavy (non-hydrogen) atoms. The maximum atomic E-state index is 6.03. The molecule has 1 aromatic carbocycles. The number of benzene rings is 1. The van der Waals surface area contributed by atoms with Gasteiger partial charge in [0, 0.05) is 12.6 Å². The summed E-state index contributed by atoms with van der Waals surface area (Å²) in [5, 5.41) is 4.42. The number of hydrogen-bond acceptors (Lipinski definition) is 3. The molecule has 0 spiro atoms. The lowest BCUT2D eigenvalue weighted by Gasteiger charge is -2.11. The van der Waals surface area contributed by atoms with Gasteiger partial charge in [-0.25, -0.2) is 4.68 Å². The van der Waals surface area contributed by atoms with Crippen molar-refractivity contribution in [2.75, 3.05) is 6.54 Å². The van der Waals surface area contributed by atoms with E-state index in [0.29, 0.717) is 12.5 Å². The van der Waals surface area contributed by atoms with Crippen LogP contribution in [0.3, 0.4) is 0 Å². The molecule has 0 saturated heterocycles. The van der Waals surface area contributed by atoms with Gasteiger partial charge in [0.05, 0.1) is 5.69 Å². The first-order valence-electron chi connectivity index (χ1n) is 7.57. The number of aromatic nitrogens is 2. The smallest absolute Gasteiger partial charge is 0.221 e. The Morgan fingerprint density at radius 2 is 1.95 bits per heavy atom. The Labute approximate surface area is 126 Å². The molecular weight excluding hydrogens is 262 g/mol. The van der Waals surface area contributed by atoms with E-state index in [0.717, 1.165) is 35.7 Å². The van der Waals surface area contributed by atoms with Crippen LogP contribution in [0.2, 0.25) is 0 Å². The van der Waals surface area contributed by atoms with Crippen molar-refractivity contribution in [3.63, 3.8) is 0 Å². The third-order valence-corrected chi connectivity index (χ3v) is 3.96.